The molecule has 0 aromatic heterocycles. The van der Waals surface area contributed by atoms with Crippen LogP contribution in [0.4, 0.5) is 0 Å². The first kappa shape index (κ1) is 16.5. The van der Waals surface area contributed by atoms with Crippen LogP contribution in [0.15, 0.2) is 22.8 Å². The second-order valence-corrected chi connectivity index (χ2v) is 8.10. The van der Waals surface area contributed by atoms with Crippen LogP contribution in [0.1, 0.15) is 72.1 Å². The van der Waals surface area contributed by atoms with Crippen molar-refractivity contribution >= 4 is 5.78 Å². The van der Waals surface area contributed by atoms with Crippen LogP contribution in [-0.4, -0.2) is 5.78 Å². The zero-order valence-electron chi connectivity index (χ0n) is 14.8. The Labute approximate surface area is 140 Å². The van der Waals surface area contributed by atoms with Gasteiger partial charge >= 0.3 is 0 Å². The van der Waals surface area contributed by atoms with Gasteiger partial charge in [-0.05, 0) is 85.3 Å². The van der Waals surface area contributed by atoms with Gasteiger partial charge in [-0.25, -0.2) is 0 Å². The highest BCUT2D eigenvalue weighted by Gasteiger charge is 2.51. The molecule has 4 rings (SSSR count). The summed E-state index contributed by atoms with van der Waals surface area (Å²) in [4.78, 5) is 11.7. The summed E-state index contributed by atoms with van der Waals surface area (Å²) in [7, 11) is 0. The highest BCUT2D eigenvalue weighted by molar-refractivity contribution is 5.93. The summed E-state index contributed by atoms with van der Waals surface area (Å²) in [6.45, 7) is 6.47. The van der Waals surface area contributed by atoms with E-state index in [-0.39, 0.29) is 0 Å². The Balaban J connectivity index is 0.000000485. The lowest BCUT2D eigenvalue weighted by atomic mass is 9.56. The average Bonchev–Trinajstić information content (AvgIpc) is 2.83. The maximum absolute atomic E-state index is 11.7. The monoisotopic (exact) mass is 311 g/mol. The number of nitriles is 1. The van der Waals surface area contributed by atoms with Crippen LogP contribution in [0.5, 0.6) is 0 Å². The van der Waals surface area contributed by atoms with Crippen molar-refractivity contribution in [3.63, 3.8) is 0 Å². The van der Waals surface area contributed by atoms with Crippen LogP contribution in [0, 0.1) is 34.5 Å². The molecule has 4 aliphatic carbocycles. The predicted molar refractivity (Wildman–Crippen MR) is 92.6 cm³/mol. The Bertz CT molecular complexity index is 606. The van der Waals surface area contributed by atoms with Crippen LogP contribution >= 0.6 is 0 Å². The molecule has 0 heterocycles. The van der Waals surface area contributed by atoms with Crippen molar-refractivity contribution in [3.8, 4) is 6.07 Å². The molecular weight excluding hydrogens is 282 g/mol. The minimum absolute atomic E-state index is 0.359. The molecule has 2 heteroatoms. The molecule has 4 unspecified atom stereocenters. The van der Waals surface area contributed by atoms with E-state index in [1.165, 1.54) is 44.6 Å². The molecule has 2 saturated carbocycles. The topological polar surface area (TPSA) is 40.9 Å². The van der Waals surface area contributed by atoms with E-state index in [1.54, 1.807) is 17.2 Å². The van der Waals surface area contributed by atoms with E-state index in [0.29, 0.717) is 11.2 Å². The number of allylic oxidation sites excluding steroid dienone is 4. The molecule has 0 amide bonds. The van der Waals surface area contributed by atoms with Gasteiger partial charge < -0.3 is 0 Å². The zero-order valence-corrected chi connectivity index (χ0v) is 14.8. The summed E-state index contributed by atoms with van der Waals surface area (Å²) in [5.41, 5.74) is 5.39. The third kappa shape index (κ3) is 2.69. The quantitative estimate of drug-likeness (QED) is 0.604. The third-order valence-corrected chi connectivity index (χ3v) is 7.21. The molecule has 0 N–H and O–H groups in total. The maximum Gasteiger partial charge on any atom is 0.156 e. The smallest absolute Gasteiger partial charge is 0.156 e. The van der Waals surface area contributed by atoms with Crippen molar-refractivity contribution in [2.24, 2.45) is 23.2 Å². The van der Waals surface area contributed by atoms with Gasteiger partial charge in [0.1, 0.15) is 0 Å². The first-order valence-electron chi connectivity index (χ1n) is 9.27. The van der Waals surface area contributed by atoms with Crippen molar-refractivity contribution in [1.82, 2.24) is 0 Å². The molecule has 4 aliphatic rings. The van der Waals surface area contributed by atoms with E-state index >= 15 is 0 Å². The summed E-state index contributed by atoms with van der Waals surface area (Å²) >= 11 is 0. The van der Waals surface area contributed by atoms with Crippen molar-refractivity contribution in [1.29, 1.82) is 5.26 Å². The first-order chi connectivity index (χ1) is 11.0. The van der Waals surface area contributed by atoms with E-state index < -0.39 is 0 Å². The number of carbonyl (C=O) groups excluding carboxylic acids is 1. The second kappa shape index (κ2) is 6.27. The Morgan fingerprint density at radius 1 is 1.17 bits per heavy atom. The van der Waals surface area contributed by atoms with Gasteiger partial charge in [0.25, 0.3) is 0 Å². The van der Waals surface area contributed by atoms with Gasteiger partial charge in [0.15, 0.2) is 5.78 Å². The molecule has 0 aliphatic heterocycles. The predicted octanol–water partition coefficient (Wildman–Crippen LogP) is 5.36. The van der Waals surface area contributed by atoms with Gasteiger partial charge in [0.2, 0.25) is 0 Å². The minimum atomic E-state index is 0.359. The van der Waals surface area contributed by atoms with Crippen LogP contribution in [0.25, 0.3) is 0 Å². The normalized spacial score (nSPS) is 38.4. The summed E-state index contributed by atoms with van der Waals surface area (Å²) in [6, 6.07) is 1.75. The number of nitrogens with zero attached hydrogens (tertiary/aromatic N) is 1. The van der Waals surface area contributed by atoms with Crippen molar-refractivity contribution in [2.45, 2.75) is 72.1 Å². The van der Waals surface area contributed by atoms with Crippen LogP contribution < -0.4 is 0 Å². The van der Waals surface area contributed by atoms with Gasteiger partial charge in [-0.15, -0.1) is 0 Å². The molecular formula is C21H29NO. The highest BCUT2D eigenvalue weighted by Crippen LogP contribution is 2.61. The van der Waals surface area contributed by atoms with Crippen LogP contribution in [-0.2, 0) is 4.79 Å². The largest absolute Gasteiger partial charge is 0.295 e. The lowest BCUT2D eigenvalue weighted by Gasteiger charge is -2.48. The van der Waals surface area contributed by atoms with Crippen molar-refractivity contribution < 1.29 is 4.79 Å². The number of ketones is 1. The van der Waals surface area contributed by atoms with E-state index in [2.05, 4.69) is 13.8 Å². The van der Waals surface area contributed by atoms with Crippen LogP contribution in [0.3, 0.4) is 0 Å². The number of rotatable bonds is 0. The van der Waals surface area contributed by atoms with E-state index in [0.717, 1.165) is 37.0 Å². The van der Waals surface area contributed by atoms with Gasteiger partial charge in [0, 0.05) is 13.3 Å². The standard InChI is InChI=1S/C19H26O.C2H3N/c1-12-3-8-18-17-6-4-13-11-14(20)5-7-15(13)16(17)9-10-19(12,18)2;1-2-3/h11-12,17-18H,3-10H2,1-2H3;1H3. The Morgan fingerprint density at radius 2 is 1.91 bits per heavy atom. The van der Waals surface area contributed by atoms with E-state index in [4.69, 9.17) is 5.26 Å². The van der Waals surface area contributed by atoms with Gasteiger partial charge in [-0.3, -0.25) is 4.79 Å². The highest BCUT2D eigenvalue weighted by atomic mass is 16.1. The van der Waals surface area contributed by atoms with E-state index in [9.17, 15) is 4.79 Å². The van der Waals surface area contributed by atoms with Gasteiger partial charge in [-0.1, -0.05) is 19.4 Å². The Hall–Kier alpha value is -1.36. The van der Waals surface area contributed by atoms with Gasteiger partial charge in [-0.2, -0.15) is 5.26 Å². The second-order valence-electron chi connectivity index (χ2n) is 8.10. The summed E-state index contributed by atoms with van der Waals surface area (Å²) in [5, 5.41) is 7.32. The molecule has 0 aromatic carbocycles. The van der Waals surface area contributed by atoms with E-state index in [1.807, 2.05) is 6.08 Å². The fourth-order valence-corrected chi connectivity index (χ4v) is 5.79. The van der Waals surface area contributed by atoms with Crippen molar-refractivity contribution in [2.75, 3.05) is 0 Å². The molecule has 2 fully saturated rings. The Kier molecular flexibility index (Phi) is 4.50. The van der Waals surface area contributed by atoms with Gasteiger partial charge in [0.05, 0.1) is 6.07 Å². The summed E-state index contributed by atoms with van der Waals surface area (Å²) in [6.07, 6.45) is 11.8. The number of hydrogen-bond donors (Lipinski definition) is 0. The average molecular weight is 311 g/mol. The summed E-state index contributed by atoms with van der Waals surface area (Å²) in [5.74, 6) is 3.04. The molecule has 23 heavy (non-hydrogen) atoms. The van der Waals surface area contributed by atoms with Crippen molar-refractivity contribution in [3.05, 3.63) is 22.8 Å². The fraction of sp³-hybridized carbons (Fsp3) is 0.714. The molecule has 0 bridgehead atoms. The molecule has 0 aromatic rings. The molecule has 0 spiro atoms. The number of fused-ring (bicyclic) bond motifs is 4. The zero-order chi connectivity index (χ0) is 16.6. The number of hydrogen-bond acceptors (Lipinski definition) is 2. The molecule has 4 atom stereocenters. The molecule has 2 nitrogen and oxygen atoms in total. The lowest BCUT2D eigenvalue weighted by molar-refractivity contribution is -0.114. The minimum Gasteiger partial charge on any atom is -0.295 e. The Morgan fingerprint density at radius 3 is 2.65 bits per heavy atom. The maximum atomic E-state index is 11.7. The van der Waals surface area contributed by atoms with Crippen LogP contribution in [0.2, 0.25) is 0 Å². The summed E-state index contributed by atoms with van der Waals surface area (Å²) < 4.78 is 0. The first-order valence-corrected chi connectivity index (χ1v) is 9.27. The molecule has 0 radical (unpaired) electrons. The third-order valence-electron chi connectivity index (χ3n) is 7.21. The SMILES string of the molecule is CC#N.CC1CCC2C3CCC4=CC(=O)CCC4=C3CCC12C. The fourth-order valence-electron chi connectivity index (χ4n) is 5.79. The number of carbonyl (C=O) groups is 1. The lowest BCUT2D eigenvalue weighted by Crippen LogP contribution is -2.39. The molecule has 0 saturated heterocycles. The molecule has 124 valence electrons.